The second kappa shape index (κ2) is 14.9. The van der Waals surface area contributed by atoms with Crippen LogP contribution < -0.4 is 0 Å². The summed E-state index contributed by atoms with van der Waals surface area (Å²) in [6.45, 7) is 9.03. The summed E-state index contributed by atoms with van der Waals surface area (Å²) in [5.41, 5.74) is 0. The third kappa shape index (κ3) is 9.37. The molecule has 0 aromatic heterocycles. The highest BCUT2D eigenvalue weighted by Gasteiger charge is 2.45. The van der Waals surface area contributed by atoms with Gasteiger partial charge in [0.1, 0.15) is 0 Å². The van der Waals surface area contributed by atoms with E-state index >= 15 is 0 Å². The van der Waals surface area contributed by atoms with Crippen molar-refractivity contribution in [3.05, 3.63) is 11.3 Å². The summed E-state index contributed by atoms with van der Waals surface area (Å²) in [6.07, 6.45) is 17.8. The van der Waals surface area contributed by atoms with Gasteiger partial charge < -0.3 is 13.3 Å². The van der Waals surface area contributed by atoms with Crippen molar-refractivity contribution in [2.45, 2.75) is 104 Å². The van der Waals surface area contributed by atoms with Gasteiger partial charge in [0.25, 0.3) is 0 Å². The molecule has 1 aliphatic carbocycles. The van der Waals surface area contributed by atoms with Crippen LogP contribution in [-0.4, -0.2) is 28.6 Å². The van der Waals surface area contributed by atoms with Crippen molar-refractivity contribution in [2.24, 2.45) is 0 Å². The molecule has 0 unspecified atom stereocenters. The van der Waals surface area contributed by atoms with Crippen LogP contribution in [0, 0.1) is 0 Å². The molecule has 148 valence electrons. The Kier molecular flexibility index (Phi) is 13.7. The molecule has 0 atom stereocenters. The third-order valence-electron chi connectivity index (χ3n) is 4.80. The van der Waals surface area contributed by atoms with Crippen LogP contribution in [-0.2, 0) is 13.3 Å². The van der Waals surface area contributed by atoms with Gasteiger partial charge >= 0.3 is 8.80 Å². The molecule has 25 heavy (non-hydrogen) atoms. The number of allylic oxidation sites excluding steroid dienone is 2. The topological polar surface area (TPSA) is 27.7 Å². The van der Waals surface area contributed by atoms with Gasteiger partial charge in [0.05, 0.1) is 0 Å². The first-order valence-corrected chi connectivity index (χ1v) is 12.6. The highest BCUT2D eigenvalue weighted by Crippen LogP contribution is 2.30. The zero-order chi connectivity index (χ0) is 18.2. The van der Waals surface area contributed by atoms with Gasteiger partial charge in [0.15, 0.2) is 0 Å². The molecule has 0 aliphatic heterocycles. The Morgan fingerprint density at radius 2 is 1.20 bits per heavy atom. The normalized spacial score (nSPS) is 15.4. The van der Waals surface area contributed by atoms with Crippen LogP contribution in [0.3, 0.4) is 0 Å². The largest absolute Gasteiger partial charge is 0.532 e. The first-order valence-electron chi connectivity index (χ1n) is 10.9. The van der Waals surface area contributed by atoms with E-state index in [0.29, 0.717) is 0 Å². The second-order valence-corrected chi connectivity index (χ2v) is 9.82. The predicted molar refractivity (Wildman–Crippen MR) is 109 cm³/mol. The molecule has 0 aromatic carbocycles. The van der Waals surface area contributed by atoms with Crippen LogP contribution in [0.5, 0.6) is 0 Å². The molecule has 0 amide bonds. The molecule has 0 aromatic rings. The molecule has 1 rings (SSSR count). The number of hydrogen-bond acceptors (Lipinski definition) is 3. The van der Waals surface area contributed by atoms with Gasteiger partial charge in [-0.25, -0.2) is 0 Å². The molecule has 0 spiro atoms. The second-order valence-electron chi connectivity index (χ2n) is 7.20. The molecule has 0 radical (unpaired) electrons. The lowest BCUT2D eigenvalue weighted by Gasteiger charge is -2.33. The summed E-state index contributed by atoms with van der Waals surface area (Å²) in [6, 6.07) is 0. The van der Waals surface area contributed by atoms with E-state index in [9.17, 15) is 0 Å². The van der Waals surface area contributed by atoms with Crippen molar-refractivity contribution in [2.75, 3.05) is 19.8 Å². The number of rotatable bonds is 16. The summed E-state index contributed by atoms with van der Waals surface area (Å²) in [5.74, 6) is 0. The van der Waals surface area contributed by atoms with E-state index in [0.717, 1.165) is 51.9 Å². The van der Waals surface area contributed by atoms with Gasteiger partial charge in [-0.15, -0.1) is 0 Å². The molecule has 1 aliphatic rings. The van der Waals surface area contributed by atoms with Crippen LogP contribution in [0.25, 0.3) is 0 Å². The zero-order valence-corrected chi connectivity index (χ0v) is 18.1. The summed E-state index contributed by atoms with van der Waals surface area (Å²) >= 11 is 0. The molecule has 0 saturated heterocycles. The minimum absolute atomic E-state index is 0.777. The predicted octanol–water partition coefficient (Wildman–Crippen LogP) is 6.59. The van der Waals surface area contributed by atoms with Crippen LogP contribution >= 0.6 is 0 Å². The summed E-state index contributed by atoms with van der Waals surface area (Å²) < 4.78 is 19.4. The van der Waals surface area contributed by atoms with E-state index in [2.05, 4.69) is 26.8 Å². The zero-order valence-electron chi connectivity index (χ0n) is 17.1. The third-order valence-corrected chi connectivity index (χ3v) is 7.80. The van der Waals surface area contributed by atoms with E-state index in [1.165, 1.54) is 56.6 Å². The molecule has 0 bridgehead atoms. The molecule has 0 N–H and O–H groups in total. The first-order chi connectivity index (χ1) is 12.3. The highest BCUT2D eigenvalue weighted by atomic mass is 28.4. The van der Waals surface area contributed by atoms with Crippen molar-refractivity contribution in [1.29, 1.82) is 0 Å². The average Bonchev–Trinajstić information content (AvgIpc) is 2.66. The monoisotopic (exact) mass is 370 g/mol. The van der Waals surface area contributed by atoms with Crippen LogP contribution in [0.4, 0.5) is 0 Å². The fourth-order valence-corrected chi connectivity index (χ4v) is 6.12. The molecule has 0 saturated carbocycles. The fraction of sp³-hybridized carbons (Fsp3) is 0.905. The Balaban J connectivity index is 2.75. The van der Waals surface area contributed by atoms with E-state index in [4.69, 9.17) is 13.3 Å². The molecule has 0 fully saturated rings. The SMILES string of the molecule is CCCCCO[Si](OCCCCC)(OCCCCC)C1=CCCCC1. The van der Waals surface area contributed by atoms with Crippen LogP contribution in [0.1, 0.15) is 104 Å². The van der Waals surface area contributed by atoms with Crippen LogP contribution in [0.15, 0.2) is 11.3 Å². The Bertz CT molecular complexity index is 313. The average molecular weight is 371 g/mol. The lowest BCUT2D eigenvalue weighted by molar-refractivity contribution is 0.0629. The molecule has 3 nitrogen and oxygen atoms in total. The van der Waals surface area contributed by atoms with E-state index in [1.54, 1.807) is 0 Å². The molecule has 0 heterocycles. The van der Waals surface area contributed by atoms with Gasteiger partial charge in [-0.05, 0) is 50.1 Å². The summed E-state index contributed by atoms with van der Waals surface area (Å²) in [4.78, 5) is 0. The quantitative estimate of drug-likeness (QED) is 0.227. The van der Waals surface area contributed by atoms with Gasteiger partial charge in [-0.1, -0.05) is 65.4 Å². The highest BCUT2D eigenvalue weighted by molar-refractivity contribution is 6.68. The fourth-order valence-electron chi connectivity index (χ4n) is 3.20. The molecular weight excluding hydrogens is 328 g/mol. The van der Waals surface area contributed by atoms with Crippen molar-refractivity contribution in [3.63, 3.8) is 0 Å². The Hall–Kier alpha value is -0.163. The van der Waals surface area contributed by atoms with E-state index < -0.39 is 8.80 Å². The van der Waals surface area contributed by atoms with Crippen molar-refractivity contribution < 1.29 is 13.3 Å². The smallest absolute Gasteiger partial charge is 0.370 e. The van der Waals surface area contributed by atoms with E-state index in [-0.39, 0.29) is 0 Å². The van der Waals surface area contributed by atoms with Crippen LogP contribution in [0.2, 0.25) is 0 Å². The summed E-state index contributed by atoms with van der Waals surface area (Å²) in [7, 11) is -2.68. The lowest BCUT2D eigenvalue weighted by Crippen LogP contribution is -2.49. The summed E-state index contributed by atoms with van der Waals surface area (Å²) in [5, 5.41) is 1.36. The van der Waals surface area contributed by atoms with Crippen molar-refractivity contribution in [1.82, 2.24) is 0 Å². The van der Waals surface area contributed by atoms with E-state index in [1.807, 2.05) is 0 Å². The van der Waals surface area contributed by atoms with Gasteiger partial charge in [-0.2, -0.15) is 0 Å². The number of unbranched alkanes of at least 4 members (excludes halogenated alkanes) is 6. The van der Waals surface area contributed by atoms with Gasteiger partial charge in [0.2, 0.25) is 0 Å². The minimum Gasteiger partial charge on any atom is -0.370 e. The Morgan fingerprint density at radius 3 is 1.56 bits per heavy atom. The maximum absolute atomic E-state index is 6.46. The lowest BCUT2D eigenvalue weighted by atomic mass is 10.1. The maximum Gasteiger partial charge on any atom is 0.532 e. The standard InChI is InChI=1S/C21H42O3Si/c1-4-7-13-18-22-25(23-19-14-8-5-2,24-20-15-9-6-3)21-16-11-10-12-17-21/h16H,4-15,17-20H2,1-3H3. The van der Waals surface area contributed by atoms with Crippen molar-refractivity contribution in [3.8, 4) is 0 Å². The Morgan fingerprint density at radius 1 is 0.720 bits per heavy atom. The first kappa shape index (κ1) is 22.9. The Labute approximate surface area is 157 Å². The van der Waals surface area contributed by atoms with Crippen molar-refractivity contribution >= 4 is 8.80 Å². The molecular formula is C21H42O3Si. The minimum atomic E-state index is -2.68. The number of hydrogen-bond donors (Lipinski definition) is 0. The van der Waals surface area contributed by atoms with Gasteiger partial charge in [-0.3, -0.25) is 0 Å². The maximum atomic E-state index is 6.46. The van der Waals surface area contributed by atoms with Gasteiger partial charge in [0, 0.05) is 19.8 Å². The molecule has 4 heteroatoms.